The minimum atomic E-state index is -1.23. The molecule has 1 amide bonds. The number of rotatable bonds is 3. The summed E-state index contributed by atoms with van der Waals surface area (Å²) < 4.78 is 0. The summed E-state index contributed by atoms with van der Waals surface area (Å²) in [5, 5.41) is 12.3. The summed E-state index contributed by atoms with van der Waals surface area (Å²) in [7, 11) is 0. The van der Waals surface area contributed by atoms with E-state index in [1.165, 1.54) is 11.8 Å². The quantitative estimate of drug-likeness (QED) is 0.899. The lowest BCUT2D eigenvalue weighted by atomic mass is 9.98. The molecular formula is C12H11Cl2NO3S. The molecule has 19 heavy (non-hydrogen) atoms. The summed E-state index contributed by atoms with van der Waals surface area (Å²) in [4.78, 5) is 23.6. The van der Waals surface area contributed by atoms with Crippen molar-refractivity contribution < 1.29 is 14.7 Å². The Hall–Kier alpha value is -0.910. The number of hydrogen-bond donors (Lipinski definition) is 2. The first-order valence-electron chi connectivity index (χ1n) is 5.54. The van der Waals surface area contributed by atoms with Gasteiger partial charge in [-0.25, -0.2) is 4.79 Å². The second kappa shape index (κ2) is 5.61. The van der Waals surface area contributed by atoms with E-state index in [0.717, 1.165) is 0 Å². The third kappa shape index (κ3) is 2.83. The average Bonchev–Trinajstić information content (AvgIpc) is 2.78. The average molecular weight is 320 g/mol. The van der Waals surface area contributed by atoms with Crippen molar-refractivity contribution in [2.75, 3.05) is 11.5 Å². The normalized spacial score (nSPS) is 22.2. The van der Waals surface area contributed by atoms with Crippen LogP contribution in [0.3, 0.4) is 0 Å². The van der Waals surface area contributed by atoms with Crippen molar-refractivity contribution in [3.63, 3.8) is 0 Å². The van der Waals surface area contributed by atoms with E-state index in [9.17, 15) is 14.7 Å². The lowest BCUT2D eigenvalue weighted by Crippen LogP contribution is -2.54. The number of carbonyl (C=O) groups is 2. The van der Waals surface area contributed by atoms with Crippen molar-refractivity contribution in [2.45, 2.75) is 12.0 Å². The van der Waals surface area contributed by atoms with E-state index in [1.807, 2.05) is 0 Å². The Bertz CT molecular complexity index is 509. The zero-order chi connectivity index (χ0) is 14.0. The van der Waals surface area contributed by atoms with Crippen molar-refractivity contribution in [1.82, 2.24) is 5.32 Å². The molecule has 0 radical (unpaired) electrons. The summed E-state index contributed by atoms with van der Waals surface area (Å²) >= 11 is 13.4. The Morgan fingerprint density at radius 1 is 1.32 bits per heavy atom. The van der Waals surface area contributed by atoms with Crippen LogP contribution in [0, 0.1) is 0 Å². The summed E-state index contributed by atoms with van der Waals surface area (Å²) in [6.07, 6.45) is 0.390. The number of carbonyl (C=O) groups excluding carboxylic acids is 1. The highest BCUT2D eigenvalue weighted by atomic mass is 35.5. The van der Waals surface area contributed by atoms with E-state index in [2.05, 4.69) is 5.32 Å². The number of amides is 1. The van der Waals surface area contributed by atoms with Gasteiger partial charge in [0, 0.05) is 5.75 Å². The molecule has 1 aliphatic rings. The fourth-order valence-electron chi connectivity index (χ4n) is 1.88. The summed E-state index contributed by atoms with van der Waals surface area (Å²) in [6, 6.07) is 4.71. The Morgan fingerprint density at radius 3 is 2.42 bits per heavy atom. The molecule has 1 saturated heterocycles. The lowest BCUT2D eigenvalue weighted by Gasteiger charge is -2.25. The molecule has 2 N–H and O–H groups in total. The molecule has 2 rings (SSSR count). The van der Waals surface area contributed by atoms with Gasteiger partial charge in [-0.3, -0.25) is 4.79 Å². The second-order valence-electron chi connectivity index (χ2n) is 4.24. The van der Waals surface area contributed by atoms with Gasteiger partial charge in [0.2, 0.25) is 0 Å². The van der Waals surface area contributed by atoms with Crippen LogP contribution in [-0.2, 0) is 4.79 Å². The second-order valence-corrected chi connectivity index (χ2v) is 6.16. The molecule has 0 saturated carbocycles. The molecule has 7 heteroatoms. The van der Waals surface area contributed by atoms with E-state index in [4.69, 9.17) is 23.2 Å². The van der Waals surface area contributed by atoms with Gasteiger partial charge < -0.3 is 10.4 Å². The lowest BCUT2D eigenvalue weighted by molar-refractivity contribution is -0.143. The van der Waals surface area contributed by atoms with E-state index < -0.39 is 17.4 Å². The van der Waals surface area contributed by atoms with Crippen LogP contribution in [0.15, 0.2) is 18.2 Å². The molecule has 102 valence electrons. The van der Waals surface area contributed by atoms with E-state index in [0.29, 0.717) is 17.9 Å². The minimum Gasteiger partial charge on any atom is -0.479 e. The van der Waals surface area contributed by atoms with Gasteiger partial charge in [0.25, 0.3) is 5.91 Å². The fourth-order valence-corrected chi connectivity index (χ4v) is 3.77. The maximum Gasteiger partial charge on any atom is 0.330 e. The van der Waals surface area contributed by atoms with Crippen LogP contribution in [-0.4, -0.2) is 34.0 Å². The fraction of sp³-hybridized carbons (Fsp3) is 0.333. The van der Waals surface area contributed by atoms with E-state index in [1.54, 1.807) is 18.2 Å². The molecule has 1 heterocycles. The number of halogens is 2. The predicted octanol–water partition coefficient (Wildman–Crippen LogP) is 2.68. The smallest absolute Gasteiger partial charge is 0.330 e. The van der Waals surface area contributed by atoms with Gasteiger partial charge in [0.1, 0.15) is 5.54 Å². The van der Waals surface area contributed by atoms with Crippen LogP contribution < -0.4 is 5.32 Å². The van der Waals surface area contributed by atoms with E-state index >= 15 is 0 Å². The third-order valence-electron chi connectivity index (χ3n) is 2.97. The summed E-state index contributed by atoms with van der Waals surface area (Å²) in [5.41, 5.74) is -1.12. The van der Waals surface area contributed by atoms with Gasteiger partial charge in [0.05, 0.1) is 15.6 Å². The zero-order valence-electron chi connectivity index (χ0n) is 9.78. The number of thioether (sulfide) groups is 1. The van der Waals surface area contributed by atoms with Crippen LogP contribution in [0.5, 0.6) is 0 Å². The molecule has 1 aromatic carbocycles. The molecule has 0 spiro atoms. The van der Waals surface area contributed by atoms with Gasteiger partial charge in [-0.2, -0.15) is 11.8 Å². The summed E-state index contributed by atoms with van der Waals surface area (Å²) in [5.74, 6) is -0.548. The van der Waals surface area contributed by atoms with E-state index in [-0.39, 0.29) is 15.6 Å². The SMILES string of the molecule is O=C(NC1(C(=O)O)CCSC1)c1c(Cl)cccc1Cl. The third-order valence-corrected chi connectivity index (χ3v) is 4.79. The van der Waals surface area contributed by atoms with Crippen molar-refractivity contribution in [2.24, 2.45) is 0 Å². The Morgan fingerprint density at radius 2 is 1.95 bits per heavy atom. The van der Waals surface area contributed by atoms with Gasteiger partial charge in [-0.1, -0.05) is 29.3 Å². The molecule has 4 nitrogen and oxygen atoms in total. The molecule has 1 aromatic rings. The van der Waals surface area contributed by atoms with Crippen molar-refractivity contribution in [3.05, 3.63) is 33.8 Å². The molecule has 1 aliphatic heterocycles. The Balaban J connectivity index is 2.28. The predicted molar refractivity (Wildman–Crippen MR) is 76.2 cm³/mol. The van der Waals surface area contributed by atoms with Crippen molar-refractivity contribution in [1.29, 1.82) is 0 Å². The van der Waals surface area contributed by atoms with Gasteiger partial charge in [-0.05, 0) is 24.3 Å². The maximum absolute atomic E-state index is 12.2. The number of benzene rings is 1. The standard InChI is InChI=1S/C12H11Cl2NO3S/c13-7-2-1-3-8(14)9(7)10(16)15-12(11(17)18)4-5-19-6-12/h1-3H,4-6H2,(H,15,16)(H,17,18). The molecule has 1 atom stereocenters. The highest BCUT2D eigenvalue weighted by Crippen LogP contribution is 2.30. The number of hydrogen-bond acceptors (Lipinski definition) is 3. The van der Waals surface area contributed by atoms with Crippen LogP contribution in [0.4, 0.5) is 0 Å². The monoisotopic (exact) mass is 319 g/mol. The molecule has 1 fully saturated rings. The first kappa shape index (κ1) is 14.5. The van der Waals surface area contributed by atoms with Gasteiger partial charge in [-0.15, -0.1) is 0 Å². The number of aliphatic carboxylic acids is 1. The summed E-state index contributed by atoms with van der Waals surface area (Å²) in [6.45, 7) is 0. The minimum absolute atomic E-state index is 0.114. The van der Waals surface area contributed by atoms with Crippen LogP contribution in [0.1, 0.15) is 16.8 Å². The highest BCUT2D eigenvalue weighted by molar-refractivity contribution is 7.99. The molecule has 0 aromatic heterocycles. The van der Waals surface area contributed by atoms with Crippen molar-refractivity contribution >= 4 is 46.8 Å². The van der Waals surface area contributed by atoms with Crippen LogP contribution in [0.2, 0.25) is 10.0 Å². The van der Waals surface area contributed by atoms with Crippen LogP contribution >= 0.6 is 35.0 Å². The molecular weight excluding hydrogens is 309 g/mol. The Labute approximate surface area is 124 Å². The zero-order valence-corrected chi connectivity index (χ0v) is 12.1. The Kier molecular flexibility index (Phi) is 4.28. The van der Waals surface area contributed by atoms with Crippen molar-refractivity contribution in [3.8, 4) is 0 Å². The number of carboxylic acid groups (broad SMARTS) is 1. The maximum atomic E-state index is 12.2. The number of nitrogens with one attached hydrogen (secondary N) is 1. The number of carboxylic acids is 1. The molecule has 1 unspecified atom stereocenters. The largest absolute Gasteiger partial charge is 0.479 e. The van der Waals surface area contributed by atoms with Gasteiger partial charge in [0.15, 0.2) is 0 Å². The van der Waals surface area contributed by atoms with Crippen LogP contribution in [0.25, 0.3) is 0 Å². The first-order valence-corrected chi connectivity index (χ1v) is 7.45. The first-order chi connectivity index (χ1) is 8.96. The molecule has 0 aliphatic carbocycles. The van der Waals surface area contributed by atoms with Gasteiger partial charge >= 0.3 is 5.97 Å². The topological polar surface area (TPSA) is 66.4 Å². The highest BCUT2D eigenvalue weighted by Gasteiger charge is 2.43. The molecule has 0 bridgehead atoms.